The first-order valence-electron chi connectivity index (χ1n) is 4.62. The molecular weight excluding hydrogens is 656 g/mol. The van der Waals surface area contributed by atoms with Gasteiger partial charge in [-0.2, -0.15) is 0 Å². The third-order valence-corrected chi connectivity index (χ3v) is 1.97. The van der Waals surface area contributed by atoms with Crippen molar-refractivity contribution in [1.29, 1.82) is 0 Å². The number of hydroxylamine groups is 2. The first kappa shape index (κ1) is 23.6. The molecule has 1 atom stereocenters. The smallest absolute Gasteiger partial charge is 0.320 e. The molecule has 17 heavy (non-hydrogen) atoms. The van der Waals surface area contributed by atoms with Gasteiger partial charge in [-0.05, 0) is 26.2 Å². The van der Waals surface area contributed by atoms with E-state index in [0.717, 1.165) is 5.06 Å². The van der Waals surface area contributed by atoms with Crippen molar-refractivity contribution in [2.75, 3.05) is 6.54 Å². The van der Waals surface area contributed by atoms with E-state index in [9.17, 15) is 10.0 Å². The summed E-state index contributed by atoms with van der Waals surface area (Å²) in [6, 6.07) is -0.857. The maximum absolute atomic E-state index is 10.3. The van der Waals surface area contributed by atoms with Gasteiger partial charge in [0.2, 0.25) is 0 Å². The Balaban J connectivity index is -0.000000980. The number of unbranched alkanes of at least 4 members (excludes halogenated alkanes) is 1. The van der Waals surface area contributed by atoms with Crippen molar-refractivity contribution in [1.82, 2.24) is 5.06 Å². The molecule has 0 aromatic carbocycles. The van der Waals surface area contributed by atoms with E-state index in [-0.39, 0.29) is 101 Å². The summed E-state index contributed by atoms with van der Waals surface area (Å²) in [7, 11) is 0. The second kappa shape index (κ2) is 14.0. The Morgan fingerprint density at radius 3 is 2.35 bits per heavy atom. The minimum absolute atomic E-state index is 0. The number of oxime groups is 1. The zero-order valence-corrected chi connectivity index (χ0v) is 19.3. The zero-order valence-electron chi connectivity index (χ0n) is 9.78. The Morgan fingerprint density at radius 2 is 1.94 bits per heavy atom. The molecule has 2 radical (unpaired) electrons. The minimum Gasteiger partial charge on any atom is -0.480 e. The first-order chi connectivity index (χ1) is 6.99. The van der Waals surface area contributed by atoms with Crippen LogP contribution < -0.4 is 5.73 Å². The Bertz CT molecular complexity index is 241. The van der Waals surface area contributed by atoms with E-state index in [1.54, 1.807) is 0 Å². The van der Waals surface area contributed by atoms with Crippen LogP contribution >= 0.6 is 0 Å². The number of carbonyl (C=O) groups is 1. The second-order valence-electron chi connectivity index (χ2n) is 3.21. The van der Waals surface area contributed by atoms with Gasteiger partial charge in [-0.15, -0.1) is 0 Å². The monoisotopic (exact) mass is 673 g/mol. The van der Waals surface area contributed by atoms with Gasteiger partial charge in [-0.25, -0.2) is 5.06 Å². The maximum Gasteiger partial charge on any atom is 0.320 e. The molecule has 0 rings (SSSR count). The number of carboxylic acid groups (broad SMARTS) is 1. The second-order valence-corrected chi connectivity index (χ2v) is 3.21. The Morgan fingerprint density at radius 1 is 1.41 bits per heavy atom. The molecule has 0 aromatic rings. The summed E-state index contributed by atoms with van der Waals surface area (Å²) in [5, 5.41) is 29.6. The number of aliphatic carboxylic acids is 1. The topological polar surface area (TPSA) is 119 Å². The SMILES string of the molecule is C/C(=N\O)N(O)CCCCC(N)C(=O)O.[Ac].[Ac]. The summed E-state index contributed by atoms with van der Waals surface area (Å²) in [6.07, 6.45) is 1.52. The maximum atomic E-state index is 10.3. The van der Waals surface area contributed by atoms with Gasteiger partial charge in [0.25, 0.3) is 0 Å². The molecule has 1 unspecified atom stereocenters. The number of hydrogen-bond donors (Lipinski definition) is 4. The number of amidine groups is 1. The standard InChI is InChI=1S/C8H17N3O4.2Ac/c1-6(10-14)11(15)5-3-2-4-7(9)8(12)13;;/h7,14-15H,2-5,9H2,1H3,(H,12,13);;/b10-6+;;. The number of rotatable bonds is 6. The molecule has 0 fully saturated rings. The molecule has 0 bridgehead atoms. The molecule has 0 aromatic heterocycles. The van der Waals surface area contributed by atoms with E-state index in [0.29, 0.717) is 19.3 Å². The van der Waals surface area contributed by atoms with Crippen LogP contribution in [0.25, 0.3) is 0 Å². The summed E-state index contributed by atoms with van der Waals surface area (Å²) < 4.78 is 0. The fraction of sp³-hybridized carbons (Fsp3) is 0.750. The van der Waals surface area contributed by atoms with Crippen molar-refractivity contribution in [2.24, 2.45) is 10.9 Å². The zero-order chi connectivity index (χ0) is 11.8. The van der Waals surface area contributed by atoms with Gasteiger partial charge in [0.05, 0.1) is 0 Å². The van der Waals surface area contributed by atoms with Crippen LogP contribution in [0, 0.1) is 88.1 Å². The Labute approximate surface area is 172 Å². The van der Waals surface area contributed by atoms with Crippen molar-refractivity contribution >= 4 is 11.8 Å². The van der Waals surface area contributed by atoms with E-state index < -0.39 is 12.0 Å². The predicted molar refractivity (Wildman–Crippen MR) is 52.9 cm³/mol. The van der Waals surface area contributed by atoms with Crippen LogP contribution in [0.2, 0.25) is 0 Å². The van der Waals surface area contributed by atoms with E-state index >= 15 is 0 Å². The molecule has 0 saturated carbocycles. The van der Waals surface area contributed by atoms with Crippen molar-refractivity contribution in [3.05, 3.63) is 0 Å². The Hall–Kier alpha value is 1.54. The third-order valence-electron chi connectivity index (χ3n) is 1.97. The van der Waals surface area contributed by atoms with E-state index in [1.807, 2.05) is 0 Å². The van der Waals surface area contributed by atoms with Crippen LogP contribution in [-0.2, 0) is 4.79 Å². The van der Waals surface area contributed by atoms with Crippen LogP contribution in [0.4, 0.5) is 0 Å². The third kappa shape index (κ3) is 12.3. The van der Waals surface area contributed by atoms with Crippen LogP contribution in [0.1, 0.15) is 26.2 Å². The van der Waals surface area contributed by atoms with E-state index in [2.05, 4.69) is 5.16 Å². The quantitative estimate of drug-likeness (QED) is 0.104. The molecule has 0 aliphatic carbocycles. The van der Waals surface area contributed by atoms with Gasteiger partial charge in [0, 0.05) is 94.7 Å². The number of hydrogen-bond acceptors (Lipinski definition) is 5. The summed E-state index contributed by atoms with van der Waals surface area (Å²) in [5.41, 5.74) is 5.28. The van der Waals surface area contributed by atoms with E-state index in [4.69, 9.17) is 16.0 Å². The number of carboxylic acids is 1. The largest absolute Gasteiger partial charge is 0.480 e. The van der Waals surface area contributed by atoms with Crippen molar-refractivity contribution in [3.63, 3.8) is 0 Å². The summed E-state index contributed by atoms with van der Waals surface area (Å²) in [5.74, 6) is -0.929. The molecule has 0 amide bonds. The summed E-state index contributed by atoms with van der Waals surface area (Å²) >= 11 is 0. The summed E-state index contributed by atoms with van der Waals surface area (Å²) in [4.78, 5) is 10.3. The van der Waals surface area contributed by atoms with E-state index in [1.165, 1.54) is 6.92 Å². The fourth-order valence-corrected chi connectivity index (χ4v) is 0.963. The molecular formula is C8H17Ac2N3O4. The number of nitrogens with zero attached hydrogens (tertiary/aromatic N) is 2. The van der Waals surface area contributed by atoms with Crippen molar-refractivity contribution in [3.8, 4) is 0 Å². The van der Waals surface area contributed by atoms with Gasteiger partial charge in [0.1, 0.15) is 6.04 Å². The molecule has 0 saturated heterocycles. The van der Waals surface area contributed by atoms with Crippen LogP contribution in [-0.4, -0.2) is 45.0 Å². The van der Waals surface area contributed by atoms with Crippen LogP contribution in [0.3, 0.4) is 0 Å². The van der Waals surface area contributed by atoms with Gasteiger partial charge in [-0.1, -0.05) is 5.16 Å². The van der Waals surface area contributed by atoms with Gasteiger partial charge in [0.15, 0.2) is 5.84 Å². The molecule has 94 valence electrons. The normalized spacial score (nSPS) is 12.1. The Kier molecular flexibility index (Phi) is 19.4. The van der Waals surface area contributed by atoms with Gasteiger partial charge < -0.3 is 16.0 Å². The molecule has 0 aliphatic rings. The molecule has 0 aliphatic heterocycles. The molecule has 0 spiro atoms. The molecule has 9 heteroatoms. The minimum atomic E-state index is -1.02. The average molecular weight is 673 g/mol. The van der Waals surface area contributed by atoms with Gasteiger partial charge in [-0.3, -0.25) is 10.0 Å². The first-order valence-corrected chi connectivity index (χ1v) is 4.62. The van der Waals surface area contributed by atoms with Crippen molar-refractivity contribution in [2.45, 2.75) is 32.2 Å². The average Bonchev–Trinajstić information content (AvgIpc) is 2.22. The summed E-state index contributed by atoms with van der Waals surface area (Å²) in [6.45, 7) is 1.73. The molecule has 5 N–H and O–H groups in total. The fourth-order valence-electron chi connectivity index (χ4n) is 0.963. The van der Waals surface area contributed by atoms with Gasteiger partial charge >= 0.3 is 5.97 Å². The van der Waals surface area contributed by atoms with Crippen molar-refractivity contribution < 1.29 is 108 Å². The van der Waals surface area contributed by atoms with Crippen LogP contribution in [0.15, 0.2) is 5.16 Å². The van der Waals surface area contributed by atoms with Crippen LogP contribution in [0.5, 0.6) is 0 Å². The predicted octanol–water partition coefficient (Wildman–Crippen LogP) is 0.0674. The molecule has 0 heterocycles. The number of nitrogens with two attached hydrogens (primary N) is 1. The molecule has 7 nitrogen and oxygen atoms in total.